The van der Waals surface area contributed by atoms with Crippen LogP contribution in [0.15, 0.2) is 24.7 Å². The summed E-state index contributed by atoms with van der Waals surface area (Å²) >= 11 is 0. The second-order valence-electron chi connectivity index (χ2n) is 6.63. The van der Waals surface area contributed by atoms with E-state index < -0.39 is 0 Å². The van der Waals surface area contributed by atoms with Crippen molar-refractivity contribution < 1.29 is 4.79 Å². The van der Waals surface area contributed by atoms with E-state index in [4.69, 9.17) is 5.26 Å². The number of hydrogen-bond donors (Lipinski definition) is 1. The van der Waals surface area contributed by atoms with Gasteiger partial charge in [0.15, 0.2) is 5.82 Å². The van der Waals surface area contributed by atoms with Crippen molar-refractivity contribution in [2.45, 2.75) is 12.8 Å². The number of pyridine rings is 1. The molecule has 1 aliphatic rings. The molecule has 0 aliphatic carbocycles. The molecule has 4 rings (SSSR count). The zero-order valence-corrected chi connectivity index (χ0v) is 14.5. The molecule has 1 atom stereocenters. The molecule has 1 aliphatic heterocycles. The predicted molar refractivity (Wildman–Crippen MR) is 97.4 cm³/mol. The van der Waals surface area contributed by atoms with Gasteiger partial charge in [0, 0.05) is 48.7 Å². The number of nitriles is 1. The van der Waals surface area contributed by atoms with Crippen LogP contribution in [0.2, 0.25) is 0 Å². The number of hydrogen-bond acceptors (Lipinski definition) is 6. The summed E-state index contributed by atoms with van der Waals surface area (Å²) < 4.78 is 0. The molecule has 8 heteroatoms. The quantitative estimate of drug-likeness (QED) is 0.722. The standard InChI is InChI=1S/C18H19N7O/c1-24(8-5-19)18(26)12-3-2-7-25(11-12)17-15-13(10-22-23-17)9-21-16-14(15)4-6-20-16/h4,6,9-10,12H,2-3,7-8,11H2,1H3,(H,20,21). The molecule has 26 heavy (non-hydrogen) atoms. The van der Waals surface area contributed by atoms with Crippen molar-refractivity contribution in [2.75, 3.05) is 31.6 Å². The highest BCUT2D eigenvalue weighted by atomic mass is 16.2. The molecular formula is C18H19N7O. The average Bonchev–Trinajstić information content (AvgIpc) is 3.16. The fraction of sp³-hybridized carbons (Fsp3) is 0.389. The largest absolute Gasteiger partial charge is 0.354 e. The summed E-state index contributed by atoms with van der Waals surface area (Å²) in [7, 11) is 1.68. The molecule has 0 spiro atoms. The minimum atomic E-state index is -0.136. The van der Waals surface area contributed by atoms with Gasteiger partial charge >= 0.3 is 0 Å². The maximum absolute atomic E-state index is 12.6. The number of carbonyl (C=O) groups excluding carboxylic acids is 1. The number of aromatic nitrogens is 4. The highest BCUT2D eigenvalue weighted by molar-refractivity contribution is 6.10. The van der Waals surface area contributed by atoms with Gasteiger partial charge in [-0.15, -0.1) is 5.10 Å². The smallest absolute Gasteiger partial charge is 0.228 e. The Morgan fingerprint density at radius 2 is 2.38 bits per heavy atom. The van der Waals surface area contributed by atoms with Gasteiger partial charge in [0.1, 0.15) is 12.2 Å². The van der Waals surface area contributed by atoms with Crippen LogP contribution in [-0.2, 0) is 4.79 Å². The third-order valence-electron chi connectivity index (χ3n) is 4.94. The number of nitrogens with zero attached hydrogens (tertiary/aromatic N) is 6. The number of H-pyrrole nitrogens is 1. The fourth-order valence-electron chi connectivity index (χ4n) is 3.65. The Bertz CT molecular complexity index is 1010. The summed E-state index contributed by atoms with van der Waals surface area (Å²) in [6.45, 7) is 1.52. The van der Waals surface area contributed by atoms with Gasteiger partial charge in [-0.1, -0.05) is 0 Å². The van der Waals surface area contributed by atoms with Crippen molar-refractivity contribution in [3.63, 3.8) is 0 Å². The maximum atomic E-state index is 12.6. The summed E-state index contributed by atoms with van der Waals surface area (Å²) in [5.41, 5.74) is 0.810. The number of fused-ring (bicyclic) bond motifs is 3. The lowest BCUT2D eigenvalue weighted by Gasteiger charge is -2.34. The Balaban J connectivity index is 1.70. The zero-order valence-electron chi connectivity index (χ0n) is 14.5. The molecule has 0 radical (unpaired) electrons. The second-order valence-corrected chi connectivity index (χ2v) is 6.63. The molecule has 1 fully saturated rings. The maximum Gasteiger partial charge on any atom is 0.228 e. The van der Waals surface area contributed by atoms with E-state index in [1.807, 2.05) is 18.3 Å². The van der Waals surface area contributed by atoms with Gasteiger partial charge in [0.05, 0.1) is 18.2 Å². The lowest BCUT2D eigenvalue weighted by Crippen LogP contribution is -2.44. The Morgan fingerprint density at radius 3 is 3.23 bits per heavy atom. The van der Waals surface area contributed by atoms with Crippen LogP contribution in [0, 0.1) is 17.2 Å². The molecule has 3 aromatic rings. The number of anilines is 1. The summed E-state index contributed by atoms with van der Waals surface area (Å²) in [6, 6.07) is 4.02. The molecule has 3 aromatic heterocycles. The van der Waals surface area contributed by atoms with Crippen LogP contribution in [0.5, 0.6) is 0 Å². The Hall–Kier alpha value is -3.21. The minimum absolute atomic E-state index is 0.0119. The van der Waals surface area contributed by atoms with E-state index in [2.05, 4.69) is 25.1 Å². The van der Waals surface area contributed by atoms with E-state index in [0.717, 1.165) is 47.0 Å². The van der Waals surface area contributed by atoms with Crippen molar-refractivity contribution >= 4 is 33.5 Å². The summed E-state index contributed by atoms with van der Waals surface area (Å²) in [5, 5.41) is 20.3. The molecule has 0 aromatic carbocycles. The van der Waals surface area contributed by atoms with E-state index in [1.54, 1.807) is 19.4 Å². The normalized spacial score (nSPS) is 17.4. The topological polar surface area (TPSA) is 102 Å². The van der Waals surface area contributed by atoms with E-state index >= 15 is 0 Å². The number of rotatable bonds is 3. The van der Waals surface area contributed by atoms with Crippen molar-refractivity contribution in [3.8, 4) is 6.07 Å². The molecule has 4 heterocycles. The van der Waals surface area contributed by atoms with Crippen LogP contribution in [0.25, 0.3) is 21.8 Å². The van der Waals surface area contributed by atoms with E-state index in [0.29, 0.717) is 6.54 Å². The van der Waals surface area contributed by atoms with Crippen LogP contribution in [0.3, 0.4) is 0 Å². The molecule has 0 saturated carbocycles. The third kappa shape index (κ3) is 2.71. The molecule has 8 nitrogen and oxygen atoms in total. The number of carbonyl (C=O) groups is 1. The van der Waals surface area contributed by atoms with Crippen LogP contribution >= 0.6 is 0 Å². The average molecular weight is 349 g/mol. The minimum Gasteiger partial charge on any atom is -0.354 e. The molecule has 0 bridgehead atoms. The Morgan fingerprint density at radius 1 is 1.50 bits per heavy atom. The molecule has 1 N–H and O–H groups in total. The summed E-state index contributed by atoms with van der Waals surface area (Å²) in [6.07, 6.45) is 7.09. The first-order chi connectivity index (χ1) is 12.7. The van der Waals surface area contributed by atoms with Gasteiger partial charge in [0.25, 0.3) is 0 Å². The lowest BCUT2D eigenvalue weighted by atomic mass is 9.96. The van der Waals surface area contributed by atoms with Crippen LogP contribution in [0.1, 0.15) is 12.8 Å². The molecule has 1 saturated heterocycles. The predicted octanol–water partition coefficient (Wildman–Crippen LogP) is 1.70. The Labute approximate surface area is 150 Å². The molecule has 1 unspecified atom stereocenters. The van der Waals surface area contributed by atoms with Crippen LogP contribution in [-0.4, -0.2) is 57.7 Å². The molecule has 132 valence electrons. The van der Waals surface area contributed by atoms with Gasteiger partial charge in [0.2, 0.25) is 5.91 Å². The van der Waals surface area contributed by atoms with Gasteiger partial charge < -0.3 is 14.8 Å². The number of amides is 1. The van der Waals surface area contributed by atoms with Gasteiger partial charge in [-0.25, -0.2) is 4.98 Å². The van der Waals surface area contributed by atoms with Crippen molar-refractivity contribution in [1.29, 1.82) is 5.26 Å². The second kappa shape index (κ2) is 6.59. The van der Waals surface area contributed by atoms with Crippen LogP contribution < -0.4 is 4.90 Å². The van der Waals surface area contributed by atoms with Crippen molar-refractivity contribution in [3.05, 3.63) is 24.7 Å². The van der Waals surface area contributed by atoms with E-state index in [9.17, 15) is 4.79 Å². The van der Waals surface area contributed by atoms with E-state index in [1.165, 1.54) is 4.90 Å². The van der Waals surface area contributed by atoms with Crippen molar-refractivity contribution in [2.24, 2.45) is 5.92 Å². The van der Waals surface area contributed by atoms with Crippen molar-refractivity contribution in [1.82, 2.24) is 25.1 Å². The van der Waals surface area contributed by atoms with Gasteiger partial charge in [-0.3, -0.25) is 4.79 Å². The first-order valence-electron chi connectivity index (χ1n) is 8.63. The summed E-state index contributed by atoms with van der Waals surface area (Å²) in [5.74, 6) is 0.663. The lowest BCUT2D eigenvalue weighted by molar-refractivity contribution is -0.133. The third-order valence-corrected chi connectivity index (χ3v) is 4.94. The number of piperidine rings is 1. The first kappa shape index (κ1) is 16.3. The number of nitrogens with one attached hydrogen (secondary N) is 1. The van der Waals surface area contributed by atoms with E-state index in [-0.39, 0.29) is 18.4 Å². The monoisotopic (exact) mass is 349 g/mol. The SMILES string of the molecule is CN(CC#N)C(=O)C1CCCN(c2nncc3cnc4[nH]ccc4c23)C1. The Kier molecular flexibility index (Phi) is 4.13. The fourth-order valence-corrected chi connectivity index (χ4v) is 3.65. The highest BCUT2D eigenvalue weighted by Gasteiger charge is 2.29. The zero-order chi connectivity index (χ0) is 18.1. The molecular weight excluding hydrogens is 330 g/mol. The highest BCUT2D eigenvalue weighted by Crippen LogP contribution is 2.32. The first-order valence-corrected chi connectivity index (χ1v) is 8.63. The van der Waals surface area contributed by atoms with Crippen LogP contribution in [0.4, 0.5) is 5.82 Å². The van der Waals surface area contributed by atoms with Gasteiger partial charge in [-0.05, 0) is 18.9 Å². The molecule has 1 amide bonds. The summed E-state index contributed by atoms with van der Waals surface area (Å²) in [4.78, 5) is 23.8. The number of aromatic amines is 1. The van der Waals surface area contributed by atoms with Gasteiger partial charge in [-0.2, -0.15) is 10.4 Å².